The highest BCUT2D eigenvalue weighted by atomic mass is 79.9. The molecule has 1 aromatic heterocycles. The van der Waals surface area contributed by atoms with Crippen LogP contribution in [0.1, 0.15) is 15.9 Å². The zero-order valence-electron chi connectivity index (χ0n) is 19.1. The van der Waals surface area contributed by atoms with E-state index in [1.165, 1.54) is 5.56 Å². The van der Waals surface area contributed by atoms with Crippen LogP contribution in [0.5, 0.6) is 11.5 Å². The van der Waals surface area contributed by atoms with Gasteiger partial charge in [-0.3, -0.25) is 9.69 Å². The van der Waals surface area contributed by atoms with Gasteiger partial charge < -0.3 is 14.4 Å². The number of hydrogen-bond donors (Lipinski definition) is 0. The summed E-state index contributed by atoms with van der Waals surface area (Å²) < 4.78 is 11.9. The van der Waals surface area contributed by atoms with Gasteiger partial charge in [0.2, 0.25) is 6.79 Å². The molecule has 2 aliphatic rings. The van der Waals surface area contributed by atoms with E-state index in [9.17, 15) is 4.79 Å². The number of piperazine rings is 1. The topological polar surface area (TPSA) is 54.9 Å². The lowest BCUT2D eigenvalue weighted by molar-refractivity contribution is 0.0630. The zero-order chi connectivity index (χ0) is 23.8. The maximum atomic E-state index is 13.7. The molecule has 2 aliphatic heterocycles. The van der Waals surface area contributed by atoms with Crippen LogP contribution in [-0.4, -0.2) is 53.7 Å². The average molecular weight is 530 g/mol. The summed E-state index contributed by atoms with van der Waals surface area (Å²) in [4.78, 5) is 22.9. The Labute approximate surface area is 212 Å². The quantitative estimate of drug-likeness (QED) is 0.356. The van der Waals surface area contributed by atoms with Crippen LogP contribution in [0.4, 0.5) is 0 Å². The van der Waals surface area contributed by atoms with Crippen molar-refractivity contribution in [3.8, 4) is 22.8 Å². The molecule has 1 fully saturated rings. The fourth-order valence-electron chi connectivity index (χ4n) is 4.72. The predicted octanol–water partition coefficient (Wildman–Crippen LogP) is 5.35. The van der Waals surface area contributed by atoms with E-state index in [0.29, 0.717) is 18.7 Å². The standard InChI is InChI=1S/C28H24BrN3O3/c29-21-5-3-4-20(15-21)25-16-23(22-6-1-2-7-24(22)30-25)28(33)32-12-10-31(11-13-32)17-19-8-9-26-27(14-19)35-18-34-26/h1-9,14-16H,10-13,17-18H2. The first-order chi connectivity index (χ1) is 17.1. The van der Waals surface area contributed by atoms with Crippen LogP contribution in [0.3, 0.4) is 0 Å². The Balaban J connectivity index is 1.21. The summed E-state index contributed by atoms with van der Waals surface area (Å²) in [6.45, 7) is 4.12. The van der Waals surface area contributed by atoms with Crippen molar-refractivity contribution < 1.29 is 14.3 Å². The molecule has 0 N–H and O–H groups in total. The van der Waals surface area contributed by atoms with E-state index in [2.05, 4.69) is 26.9 Å². The Morgan fingerprint density at radius 1 is 0.886 bits per heavy atom. The lowest BCUT2D eigenvalue weighted by Gasteiger charge is -2.35. The van der Waals surface area contributed by atoms with E-state index < -0.39 is 0 Å². The maximum Gasteiger partial charge on any atom is 0.254 e. The summed E-state index contributed by atoms with van der Waals surface area (Å²) in [7, 11) is 0. The summed E-state index contributed by atoms with van der Waals surface area (Å²) >= 11 is 3.54. The number of aromatic nitrogens is 1. The van der Waals surface area contributed by atoms with Crippen molar-refractivity contribution in [1.29, 1.82) is 0 Å². The third-order valence-corrected chi connectivity index (χ3v) is 7.06. The van der Waals surface area contributed by atoms with Crippen LogP contribution in [0.25, 0.3) is 22.2 Å². The summed E-state index contributed by atoms with van der Waals surface area (Å²) in [5, 5.41) is 0.888. The van der Waals surface area contributed by atoms with Gasteiger partial charge in [0.25, 0.3) is 5.91 Å². The van der Waals surface area contributed by atoms with Gasteiger partial charge >= 0.3 is 0 Å². The van der Waals surface area contributed by atoms with Gasteiger partial charge in [-0.05, 0) is 42.0 Å². The van der Waals surface area contributed by atoms with Gasteiger partial charge in [0.1, 0.15) is 0 Å². The number of para-hydroxylation sites is 1. The first-order valence-electron chi connectivity index (χ1n) is 11.7. The van der Waals surface area contributed by atoms with E-state index in [1.54, 1.807) is 0 Å². The second-order valence-electron chi connectivity index (χ2n) is 8.84. The number of halogens is 1. The second kappa shape index (κ2) is 9.32. The fraction of sp³-hybridized carbons (Fsp3) is 0.214. The summed E-state index contributed by atoms with van der Waals surface area (Å²) in [6.07, 6.45) is 0. The lowest BCUT2D eigenvalue weighted by atomic mass is 10.0. The molecule has 0 atom stereocenters. The van der Waals surface area contributed by atoms with Crippen LogP contribution in [0.2, 0.25) is 0 Å². The fourth-order valence-corrected chi connectivity index (χ4v) is 5.12. The van der Waals surface area contributed by atoms with E-state index in [-0.39, 0.29) is 12.7 Å². The number of rotatable bonds is 4. The molecule has 6 rings (SSSR count). The third-order valence-electron chi connectivity index (χ3n) is 6.57. The van der Waals surface area contributed by atoms with Crippen molar-refractivity contribution in [2.45, 2.75) is 6.54 Å². The van der Waals surface area contributed by atoms with E-state index in [4.69, 9.17) is 14.5 Å². The summed E-state index contributed by atoms with van der Waals surface area (Å²) in [5.41, 5.74) is 4.50. The molecule has 1 saturated heterocycles. The number of amides is 1. The molecule has 7 heteroatoms. The molecular weight excluding hydrogens is 506 g/mol. The number of carbonyl (C=O) groups is 1. The molecule has 0 unspecified atom stereocenters. The number of ether oxygens (including phenoxy) is 2. The first-order valence-corrected chi connectivity index (χ1v) is 12.5. The zero-order valence-corrected chi connectivity index (χ0v) is 20.7. The highest BCUT2D eigenvalue weighted by Gasteiger charge is 2.25. The summed E-state index contributed by atoms with van der Waals surface area (Å²) in [5.74, 6) is 1.67. The number of hydrogen-bond acceptors (Lipinski definition) is 5. The molecule has 4 aromatic rings. The molecule has 0 saturated carbocycles. The second-order valence-corrected chi connectivity index (χ2v) is 9.75. The molecule has 176 valence electrons. The molecule has 6 nitrogen and oxygen atoms in total. The van der Waals surface area contributed by atoms with E-state index in [0.717, 1.165) is 57.8 Å². The largest absolute Gasteiger partial charge is 0.454 e. The van der Waals surface area contributed by atoms with Crippen molar-refractivity contribution in [2.75, 3.05) is 33.0 Å². The smallest absolute Gasteiger partial charge is 0.254 e. The molecule has 0 radical (unpaired) electrons. The molecule has 3 heterocycles. The molecular formula is C28H24BrN3O3. The van der Waals surface area contributed by atoms with Gasteiger partial charge in [-0.15, -0.1) is 0 Å². The van der Waals surface area contributed by atoms with E-state index in [1.807, 2.05) is 71.6 Å². The number of carbonyl (C=O) groups excluding carboxylic acids is 1. The predicted molar refractivity (Wildman–Crippen MR) is 139 cm³/mol. The third kappa shape index (κ3) is 4.49. The van der Waals surface area contributed by atoms with Crippen LogP contribution < -0.4 is 9.47 Å². The Morgan fingerprint density at radius 3 is 2.57 bits per heavy atom. The normalized spacial score (nSPS) is 15.5. The van der Waals surface area contributed by atoms with Crippen LogP contribution >= 0.6 is 15.9 Å². The van der Waals surface area contributed by atoms with Crippen molar-refractivity contribution in [2.24, 2.45) is 0 Å². The van der Waals surface area contributed by atoms with E-state index >= 15 is 0 Å². The minimum atomic E-state index is 0.0579. The van der Waals surface area contributed by atoms with Crippen LogP contribution in [0, 0.1) is 0 Å². The minimum absolute atomic E-state index is 0.0579. The summed E-state index contributed by atoms with van der Waals surface area (Å²) in [6, 6.07) is 23.9. The molecule has 3 aromatic carbocycles. The van der Waals surface area contributed by atoms with Crippen molar-refractivity contribution in [3.63, 3.8) is 0 Å². The number of fused-ring (bicyclic) bond motifs is 2. The van der Waals surface area contributed by atoms with Crippen molar-refractivity contribution in [3.05, 3.63) is 88.4 Å². The first kappa shape index (κ1) is 22.1. The van der Waals surface area contributed by atoms with Crippen LogP contribution in [0.15, 0.2) is 77.3 Å². The molecule has 0 aliphatic carbocycles. The van der Waals surface area contributed by atoms with Gasteiger partial charge in [0, 0.05) is 48.1 Å². The lowest BCUT2D eigenvalue weighted by Crippen LogP contribution is -2.48. The van der Waals surface area contributed by atoms with Gasteiger partial charge in [-0.1, -0.05) is 52.3 Å². The number of benzene rings is 3. The van der Waals surface area contributed by atoms with Gasteiger partial charge in [0.15, 0.2) is 11.5 Å². The Hall–Kier alpha value is -3.42. The highest BCUT2D eigenvalue weighted by Crippen LogP contribution is 2.33. The number of pyridine rings is 1. The average Bonchev–Trinajstić information content (AvgIpc) is 3.36. The van der Waals surface area contributed by atoms with Gasteiger partial charge in [0.05, 0.1) is 16.8 Å². The Bertz CT molecular complexity index is 1420. The number of nitrogens with zero attached hydrogens (tertiary/aromatic N) is 3. The minimum Gasteiger partial charge on any atom is -0.454 e. The van der Waals surface area contributed by atoms with Crippen molar-refractivity contribution >= 4 is 32.7 Å². The molecule has 0 bridgehead atoms. The molecule has 0 spiro atoms. The monoisotopic (exact) mass is 529 g/mol. The Morgan fingerprint density at radius 2 is 1.71 bits per heavy atom. The maximum absolute atomic E-state index is 13.7. The van der Waals surface area contributed by atoms with Crippen molar-refractivity contribution in [1.82, 2.24) is 14.8 Å². The SMILES string of the molecule is O=C(c1cc(-c2cccc(Br)c2)nc2ccccc12)N1CCN(Cc2ccc3c(c2)OCO3)CC1. The van der Waals surface area contributed by atoms with Crippen LogP contribution in [-0.2, 0) is 6.54 Å². The Kier molecular flexibility index (Phi) is 5.88. The highest BCUT2D eigenvalue weighted by molar-refractivity contribution is 9.10. The molecule has 35 heavy (non-hydrogen) atoms. The van der Waals surface area contributed by atoms with Gasteiger partial charge in [-0.2, -0.15) is 0 Å². The molecule has 1 amide bonds. The van der Waals surface area contributed by atoms with Gasteiger partial charge in [-0.25, -0.2) is 4.98 Å².